The Morgan fingerprint density at radius 3 is 2.65 bits per heavy atom. The van der Waals surface area contributed by atoms with Crippen molar-refractivity contribution in [1.29, 1.82) is 0 Å². The second-order valence-corrected chi connectivity index (χ2v) is 6.77. The van der Waals surface area contributed by atoms with Gasteiger partial charge < -0.3 is 14.6 Å². The van der Waals surface area contributed by atoms with E-state index in [-0.39, 0.29) is 16.3 Å². The van der Waals surface area contributed by atoms with Crippen molar-refractivity contribution in [1.82, 2.24) is 5.16 Å². The zero-order valence-electron chi connectivity index (χ0n) is 12.4. The predicted octanol–water partition coefficient (Wildman–Crippen LogP) is 1.18. The zero-order chi connectivity index (χ0) is 17.0. The molecule has 0 saturated heterocycles. The van der Waals surface area contributed by atoms with E-state index in [4.69, 9.17) is 9.26 Å². The number of carbonyl (C=O) groups is 2. The summed E-state index contributed by atoms with van der Waals surface area (Å²) in [7, 11) is -3.38. The lowest BCUT2D eigenvalue weighted by Gasteiger charge is -2.07. The van der Waals surface area contributed by atoms with Crippen molar-refractivity contribution < 1.29 is 27.3 Å². The van der Waals surface area contributed by atoms with E-state index in [2.05, 4.69) is 10.5 Å². The number of aryl methyl sites for hydroxylation is 1. The second-order valence-electron chi connectivity index (χ2n) is 4.76. The number of rotatable bonds is 5. The Labute approximate surface area is 132 Å². The molecule has 1 aromatic carbocycles. The van der Waals surface area contributed by atoms with Gasteiger partial charge in [0.05, 0.1) is 10.6 Å². The second kappa shape index (κ2) is 6.61. The van der Waals surface area contributed by atoms with Gasteiger partial charge in [-0.25, -0.2) is 13.2 Å². The van der Waals surface area contributed by atoms with E-state index < -0.39 is 28.3 Å². The number of aromatic nitrogens is 1. The first-order valence-electron chi connectivity index (χ1n) is 6.46. The number of carbonyl (C=O) groups excluding carboxylic acids is 2. The highest BCUT2D eigenvalue weighted by Crippen LogP contribution is 2.15. The number of ether oxygens (including phenoxy) is 1. The summed E-state index contributed by atoms with van der Waals surface area (Å²) < 4.78 is 32.4. The molecule has 122 valence electrons. The van der Waals surface area contributed by atoms with Gasteiger partial charge >= 0.3 is 5.97 Å². The van der Waals surface area contributed by atoms with Gasteiger partial charge in [-0.3, -0.25) is 4.79 Å². The standard InChI is InChI=1S/C14H14N2O6S/c1-9-6-12(22-16-9)14(18)21-8-13(17)15-10-4-3-5-11(7-10)23(2,19)20/h3-7H,8H2,1-2H3,(H,15,17). The fourth-order valence-electron chi connectivity index (χ4n) is 1.66. The Kier molecular flexibility index (Phi) is 4.80. The molecule has 0 fully saturated rings. The Balaban J connectivity index is 1.94. The highest BCUT2D eigenvalue weighted by molar-refractivity contribution is 7.90. The maximum Gasteiger partial charge on any atom is 0.377 e. The number of nitrogens with one attached hydrogen (secondary N) is 1. The number of benzene rings is 1. The highest BCUT2D eigenvalue weighted by Gasteiger charge is 2.15. The van der Waals surface area contributed by atoms with E-state index in [9.17, 15) is 18.0 Å². The molecular weight excluding hydrogens is 324 g/mol. The Morgan fingerprint density at radius 1 is 1.30 bits per heavy atom. The van der Waals surface area contributed by atoms with Crippen LogP contribution in [-0.4, -0.2) is 38.3 Å². The van der Waals surface area contributed by atoms with Crippen molar-refractivity contribution in [3.05, 3.63) is 41.8 Å². The van der Waals surface area contributed by atoms with Crippen molar-refractivity contribution in [3.63, 3.8) is 0 Å². The van der Waals surface area contributed by atoms with Gasteiger partial charge in [-0.05, 0) is 25.1 Å². The molecule has 23 heavy (non-hydrogen) atoms. The molecule has 1 amide bonds. The Hall–Kier alpha value is -2.68. The van der Waals surface area contributed by atoms with E-state index in [1.54, 1.807) is 6.92 Å². The fourth-order valence-corrected chi connectivity index (χ4v) is 2.33. The van der Waals surface area contributed by atoms with Gasteiger partial charge in [0.15, 0.2) is 16.4 Å². The van der Waals surface area contributed by atoms with Crippen LogP contribution in [0.2, 0.25) is 0 Å². The maximum absolute atomic E-state index is 11.7. The summed E-state index contributed by atoms with van der Waals surface area (Å²) >= 11 is 0. The van der Waals surface area contributed by atoms with E-state index >= 15 is 0 Å². The van der Waals surface area contributed by atoms with Crippen LogP contribution < -0.4 is 5.32 Å². The molecule has 2 aromatic rings. The topological polar surface area (TPSA) is 116 Å². The molecule has 0 radical (unpaired) electrons. The van der Waals surface area contributed by atoms with Crippen molar-refractivity contribution in [2.75, 3.05) is 18.2 Å². The summed E-state index contributed by atoms with van der Waals surface area (Å²) in [6.45, 7) is 1.10. The SMILES string of the molecule is Cc1cc(C(=O)OCC(=O)Nc2cccc(S(C)(=O)=O)c2)on1. The van der Waals surface area contributed by atoms with E-state index in [0.29, 0.717) is 5.69 Å². The van der Waals surface area contributed by atoms with E-state index in [0.717, 1.165) is 6.26 Å². The minimum absolute atomic E-state index is 0.0735. The van der Waals surface area contributed by atoms with Gasteiger partial charge in [0.1, 0.15) is 0 Å². The molecule has 1 aromatic heterocycles. The smallest absolute Gasteiger partial charge is 0.377 e. The molecule has 9 heteroatoms. The quantitative estimate of drug-likeness (QED) is 0.814. The van der Waals surface area contributed by atoms with Crippen LogP contribution in [0.3, 0.4) is 0 Å². The number of sulfone groups is 1. The normalized spacial score (nSPS) is 11.0. The van der Waals surface area contributed by atoms with Gasteiger partial charge in [0.2, 0.25) is 5.76 Å². The molecule has 0 aliphatic heterocycles. The molecule has 0 saturated carbocycles. The fraction of sp³-hybridized carbons (Fsp3) is 0.214. The third-order valence-corrected chi connectivity index (χ3v) is 3.82. The van der Waals surface area contributed by atoms with Crippen LogP contribution in [0.4, 0.5) is 5.69 Å². The molecule has 0 aliphatic rings. The maximum atomic E-state index is 11.7. The molecule has 1 N–H and O–H groups in total. The van der Waals surface area contributed by atoms with Gasteiger partial charge in [0.25, 0.3) is 5.91 Å². The van der Waals surface area contributed by atoms with Crippen LogP contribution in [0, 0.1) is 6.92 Å². The minimum Gasteiger partial charge on any atom is -0.450 e. The Bertz CT molecular complexity index is 840. The third kappa shape index (κ3) is 4.65. The van der Waals surface area contributed by atoms with Crippen LogP contribution in [0.25, 0.3) is 0 Å². The van der Waals surface area contributed by atoms with E-state index in [1.165, 1.54) is 30.3 Å². The average Bonchev–Trinajstić information content (AvgIpc) is 2.91. The summed E-state index contributed by atoms with van der Waals surface area (Å²) in [5.74, 6) is -1.53. The first-order valence-corrected chi connectivity index (χ1v) is 8.35. The van der Waals surface area contributed by atoms with Crippen LogP contribution in [-0.2, 0) is 19.4 Å². The summed E-state index contributed by atoms with van der Waals surface area (Å²) in [5, 5.41) is 5.97. The molecule has 0 atom stereocenters. The van der Waals surface area contributed by atoms with Crippen molar-refractivity contribution in [2.24, 2.45) is 0 Å². The van der Waals surface area contributed by atoms with Crippen molar-refractivity contribution >= 4 is 27.4 Å². The van der Waals surface area contributed by atoms with Gasteiger partial charge in [-0.1, -0.05) is 11.2 Å². The first-order chi connectivity index (χ1) is 10.8. The lowest BCUT2D eigenvalue weighted by molar-refractivity contribution is -0.119. The zero-order valence-corrected chi connectivity index (χ0v) is 13.2. The number of esters is 1. The number of amides is 1. The summed E-state index contributed by atoms with van der Waals surface area (Å²) in [6.07, 6.45) is 1.06. The lowest BCUT2D eigenvalue weighted by atomic mass is 10.3. The summed E-state index contributed by atoms with van der Waals surface area (Å²) in [4.78, 5) is 23.4. The van der Waals surface area contributed by atoms with E-state index in [1.807, 2.05) is 0 Å². The van der Waals surface area contributed by atoms with Crippen LogP contribution in [0.1, 0.15) is 16.2 Å². The first kappa shape index (κ1) is 16.7. The molecule has 0 spiro atoms. The molecule has 0 aliphatic carbocycles. The summed E-state index contributed by atoms with van der Waals surface area (Å²) in [6, 6.07) is 7.13. The monoisotopic (exact) mass is 338 g/mol. The van der Waals surface area contributed by atoms with Gasteiger partial charge in [-0.15, -0.1) is 0 Å². The molecular formula is C14H14N2O6S. The molecule has 2 rings (SSSR count). The number of nitrogens with zero attached hydrogens (tertiary/aromatic N) is 1. The molecule has 1 heterocycles. The number of hydrogen-bond acceptors (Lipinski definition) is 7. The number of anilines is 1. The molecule has 8 nitrogen and oxygen atoms in total. The number of hydrogen-bond donors (Lipinski definition) is 1. The molecule has 0 unspecified atom stereocenters. The average molecular weight is 338 g/mol. The van der Waals surface area contributed by atoms with Crippen molar-refractivity contribution in [2.45, 2.75) is 11.8 Å². The highest BCUT2D eigenvalue weighted by atomic mass is 32.2. The van der Waals surface area contributed by atoms with Crippen molar-refractivity contribution in [3.8, 4) is 0 Å². The predicted molar refractivity (Wildman–Crippen MR) is 79.7 cm³/mol. The van der Waals surface area contributed by atoms with Crippen LogP contribution >= 0.6 is 0 Å². The lowest BCUT2D eigenvalue weighted by Crippen LogP contribution is -2.20. The minimum atomic E-state index is -3.38. The third-order valence-electron chi connectivity index (χ3n) is 2.71. The van der Waals surface area contributed by atoms with Gasteiger partial charge in [-0.2, -0.15) is 0 Å². The summed E-state index contributed by atoms with van der Waals surface area (Å²) in [5.41, 5.74) is 0.795. The Morgan fingerprint density at radius 2 is 2.04 bits per heavy atom. The largest absolute Gasteiger partial charge is 0.450 e. The van der Waals surface area contributed by atoms with Crippen LogP contribution in [0.5, 0.6) is 0 Å². The van der Waals surface area contributed by atoms with Crippen LogP contribution in [0.15, 0.2) is 39.8 Å². The molecule has 0 bridgehead atoms. The van der Waals surface area contributed by atoms with Gasteiger partial charge in [0, 0.05) is 18.0 Å².